The Bertz CT molecular complexity index is 701. The van der Waals surface area contributed by atoms with Gasteiger partial charge in [0.1, 0.15) is 0 Å². The standard InChI is InChI=1S/C18H23F2N3O4/c1-26-14-5-4-12(9-15(14)27-18(19)20)17(25)22-7-2-3-13(11-22)23-8-6-21-10-16(23)24/h4-5,9,13,18,21H,2-3,6-8,10-11H2,1H3. The van der Waals surface area contributed by atoms with Gasteiger partial charge in [-0.1, -0.05) is 0 Å². The second-order valence-corrected chi connectivity index (χ2v) is 6.56. The minimum Gasteiger partial charge on any atom is -0.493 e. The van der Waals surface area contributed by atoms with Crippen molar-refractivity contribution in [3.8, 4) is 11.5 Å². The molecule has 1 aromatic carbocycles. The zero-order valence-electron chi connectivity index (χ0n) is 15.1. The van der Waals surface area contributed by atoms with E-state index in [1.807, 2.05) is 4.90 Å². The van der Waals surface area contributed by atoms with Crippen molar-refractivity contribution >= 4 is 11.8 Å². The molecule has 3 rings (SSSR count). The SMILES string of the molecule is COc1ccc(C(=O)N2CCCC(N3CCNCC3=O)C2)cc1OC(F)F. The second-order valence-electron chi connectivity index (χ2n) is 6.56. The first-order chi connectivity index (χ1) is 13.0. The summed E-state index contributed by atoms with van der Waals surface area (Å²) in [4.78, 5) is 28.5. The fraction of sp³-hybridized carbons (Fsp3) is 0.556. The fourth-order valence-electron chi connectivity index (χ4n) is 3.58. The molecule has 0 spiro atoms. The van der Waals surface area contributed by atoms with Crippen LogP contribution in [0.4, 0.5) is 8.78 Å². The van der Waals surface area contributed by atoms with E-state index < -0.39 is 6.61 Å². The van der Waals surface area contributed by atoms with Crippen LogP contribution in [0, 0.1) is 0 Å². The first kappa shape index (κ1) is 19.3. The van der Waals surface area contributed by atoms with Crippen LogP contribution in [0.1, 0.15) is 23.2 Å². The third-order valence-electron chi connectivity index (χ3n) is 4.88. The van der Waals surface area contributed by atoms with Crippen LogP contribution < -0.4 is 14.8 Å². The third-order valence-corrected chi connectivity index (χ3v) is 4.88. The molecular weight excluding hydrogens is 360 g/mol. The molecule has 148 valence electrons. The van der Waals surface area contributed by atoms with Crippen LogP contribution in [0.3, 0.4) is 0 Å². The van der Waals surface area contributed by atoms with Crippen LogP contribution in [0.2, 0.25) is 0 Å². The van der Waals surface area contributed by atoms with Gasteiger partial charge in [0.25, 0.3) is 5.91 Å². The average Bonchev–Trinajstić information content (AvgIpc) is 2.67. The summed E-state index contributed by atoms with van der Waals surface area (Å²) in [7, 11) is 1.34. The number of hydrogen-bond acceptors (Lipinski definition) is 5. The summed E-state index contributed by atoms with van der Waals surface area (Å²) in [5.41, 5.74) is 0.249. The molecule has 2 amide bonds. The lowest BCUT2D eigenvalue weighted by atomic mass is 10.0. The minimum absolute atomic E-state index is 0.0210. The topological polar surface area (TPSA) is 71.1 Å². The van der Waals surface area contributed by atoms with Gasteiger partial charge in [0, 0.05) is 37.8 Å². The monoisotopic (exact) mass is 383 g/mol. The molecule has 0 aromatic heterocycles. The van der Waals surface area contributed by atoms with Crippen LogP contribution in [0.5, 0.6) is 11.5 Å². The molecule has 1 N–H and O–H groups in total. The van der Waals surface area contributed by atoms with Crippen LogP contribution >= 0.6 is 0 Å². The largest absolute Gasteiger partial charge is 0.493 e. The number of ether oxygens (including phenoxy) is 2. The van der Waals surface area contributed by atoms with E-state index >= 15 is 0 Å². The number of halogens is 2. The number of nitrogens with one attached hydrogen (secondary N) is 1. The first-order valence-corrected chi connectivity index (χ1v) is 8.92. The zero-order chi connectivity index (χ0) is 19.4. The van der Waals surface area contributed by atoms with Crippen LogP contribution in [-0.2, 0) is 4.79 Å². The van der Waals surface area contributed by atoms with Gasteiger partial charge in [0.05, 0.1) is 13.7 Å². The summed E-state index contributed by atoms with van der Waals surface area (Å²) in [6.07, 6.45) is 1.63. The maximum Gasteiger partial charge on any atom is 0.387 e. The Balaban J connectivity index is 1.73. The number of carbonyl (C=O) groups is 2. The molecule has 1 unspecified atom stereocenters. The van der Waals surface area contributed by atoms with Gasteiger partial charge in [0.15, 0.2) is 11.5 Å². The van der Waals surface area contributed by atoms with E-state index in [1.54, 1.807) is 4.90 Å². The summed E-state index contributed by atoms with van der Waals surface area (Å²) < 4.78 is 34.7. The van der Waals surface area contributed by atoms with Crippen molar-refractivity contribution in [1.82, 2.24) is 15.1 Å². The summed E-state index contributed by atoms with van der Waals surface area (Å²) in [6.45, 7) is -0.336. The van der Waals surface area contributed by atoms with Gasteiger partial charge in [-0.05, 0) is 31.0 Å². The summed E-state index contributed by atoms with van der Waals surface area (Å²) in [5.74, 6) is -0.277. The lowest BCUT2D eigenvalue weighted by molar-refractivity contribution is -0.135. The van der Waals surface area contributed by atoms with E-state index in [4.69, 9.17) is 4.74 Å². The molecule has 7 nitrogen and oxygen atoms in total. The number of amides is 2. The van der Waals surface area contributed by atoms with Crippen molar-refractivity contribution in [2.45, 2.75) is 25.5 Å². The number of nitrogens with zero attached hydrogens (tertiary/aromatic N) is 2. The molecule has 2 heterocycles. The van der Waals surface area contributed by atoms with Crippen molar-refractivity contribution in [2.75, 3.05) is 39.8 Å². The lowest BCUT2D eigenvalue weighted by Gasteiger charge is -2.41. The van der Waals surface area contributed by atoms with Gasteiger partial charge in [-0.25, -0.2) is 0 Å². The predicted molar refractivity (Wildman–Crippen MR) is 93.1 cm³/mol. The molecule has 2 aliphatic rings. The average molecular weight is 383 g/mol. The molecule has 2 aliphatic heterocycles. The number of benzene rings is 1. The fourth-order valence-corrected chi connectivity index (χ4v) is 3.58. The van der Waals surface area contributed by atoms with Crippen molar-refractivity contribution in [3.63, 3.8) is 0 Å². The number of alkyl halides is 2. The van der Waals surface area contributed by atoms with Crippen molar-refractivity contribution in [3.05, 3.63) is 23.8 Å². The second kappa shape index (κ2) is 8.51. The first-order valence-electron chi connectivity index (χ1n) is 8.92. The molecule has 1 atom stereocenters. The Kier molecular flexibility index (Phi) is 6.10. The summed E-state index contributed by atoms with van der Waals surface area (Å²) >= 11 is 0. The maximum absolute atomic E-state index is 12.9. The smallest absolute Gasteiger partial charge is 0.387 e. The van der Waals surface area contributed by atoms with Gasteiger partial charge >= 0.3 is 6.61 Å². The van der Waals surface area contributed by atoms with Crippen LogP contribution in [-0.4, -0.2) is 74.1 Å². The zero-order valence-corrected chi connectivity index (χ0v) is 15.1. The molecule has 2 fully saturated rings. The molecule has 0 bridgehead atoms. The van der Waals surface area contributed by atoms with Gasteiger partial charge in [-0.2, -0.15) is 8.78 Å². The highest BCUT2D eigenvalue weighted by Gasteiger charge is 2.32. The molecular formula is C18H23F2N3O4. The molecule has 0 aliphatic carbocycles. The molecule has 2 saturated heterocycles. The Morgan fingerprint density at radius 2 is 2.11 bits per heavy atom. The van der Waals surface area contributed by atoms with Gasteiger partial charge < -0.3 is 24.6 Å². The van der Waals surface area contributed by atoms with E-state index in [2.05, 4.69) is 10.1 Å². The molecule has 0 saturated carbocycles. The molecule has 0 radical (unpaired) electrons. The quantitative estimate of drug-likeness (QED) is 0.831. The minimum atomic E-state index is -3.01. The molecule has 1 aromatic rings. The van der Waals surface area contributed by atoms with E-state index in [1.165, 1.54) is 25.3 Å². The lowest BCUT2D eigenvalue weighted by Crippen LogP contribution is -2.57. The summed E-state index contributed by atoms with van der Waals surface area (Å²) in [6, 6.07) is 4.21. The van der Waals surface area contributed by atoms with Crippen LogP contribution in [0.25, 0.3) is 0 Å². The predicted octanol–water partition coefficient (Wildman–Crippen LogP) is 1.33. The highest BCUT2D eigenvalue weighted by Crippen LogP contribution is 2.30. The Hall–Kier alpha value is -2.42. The number of rotatable bonds is 5. The van der Waals surface area contributed by atoms with Crippen molar-refractivity contribution < 1.29 is 27.8 Å². The van der Waals surface area contributed by atoms with Gasteiger partial charge in [0.2, 0.25) is 5.91 Å². The molecule has 27 heavy (non-hydrogen) atoms. The number of piperazine rings is 1. The van der Waals surface area contributed by atoms with Gasteiger partial charge in [-0.15, -0.1) is 0 Å². The third kappa shape index (κ3) is 4.47. The Morgan fingerprint density at radius 3 is 2.81 bits per heavy atom. The number of methoxy groups -OCH3 is 1. The highest BCUT2D eigenvalue weighted by atomic mass is 19.3. The number of likely N-dealkylation sites (tertiary alicyclic amines) is 1. The van der Waals surface area contributed by atoms with Crippen LogP contribution in [0.15, 0.2) is 18.2 Å². The van der Waals surface area contributed by atoms with E-state index in [-0.39, 0.29) is 34.9 Å². The number of carbonyl (C=O) groups excluding carboxylic acids is 2. The van der Waals surface area contributed by atoms with E-state index in [0.29, 0.717) is 26.2 Å². The summed E-state index contributed by atoms with van der Waals surface area (Å²) in [5, 5.41) is 3.04. The Morgan fingerprint density at radius 1 is 1.30 bits per heavy atom. The van der Waals surface area contributed by atoms with Crippen molar-refractivity contribution in [1.29, 1.82) is 0 Å². The normalized spacial score (nSPS) is 20.7. The van der Waals surface area contributed by atoms with Gasteiger partial charge in [-0.3, -0.25) is 9.59 Å². The number of piperidine rings is 1. The van der Waals surface area contributed by atoms with E-state index in [9.17, 15) is 18.4 Å². The Labute approximate surface area is 156 Å². The van der Waals surface area contributed by atoms with E-state index in [0.717, 1.165) is 19.4 Å². The maximum atomic E-state index is 12.9. The highest BCUT2D eigenvalue weighted by molar-refractivity contribution is 5.95. The molecule has 9 heteroatoms. The van der Waals surface area contributed by atoms with Crippen molar-refractivity contribution in [2.24, 2.45) is 0 Å². The number of hydrogen-bond donors (Lipinski definition) is 1.